The van der Waals surface area contributed by atoms with Gasteiger partial charge in [-0.1, -0.05) is 57.9 Å². The third-order valence-electron chi connectivity index (χ3n) is 3.25. The van der Waals surface area contributed by atoms with Gasteiger partial charge in [-0.25, -0.2) is 13.1 Å². The number of benzene rings is 2. The molecule has 0 aliphatic rings. The Balaban J connectivity index is 1.81. The molecule has 0 aliphatic carbocycles. The highest BCUT2D eigenvalue weighted by atomic mass is 79.9. The van der Waals surface area contributed by atoms with Crippen molar-refractivity contribution in [3.8, 4) is 0 Å². The first-order valence-electron chi connectivity index (χ1n) is 7.48. The van der Waals surface area contributed by atoms with E-state index in [0.717, 1.165) is 26.6 Å². The molecule has 0 radical (unpaired) electrons. The van der Waals surface area contributed by atoms with Crippen LogP contribution in [-0.2, 0) is 26.2 Å². The lowest BCUT2D eigenvalue weighted by Gasteiger charge is -2.06. The molecule has 0 aromatic heterocycles. The molecule has 0 spiro atoms. The summed E-state index contributed by atoms with van der Waals surface area (Å²) in [6.45, 7) is 1.62. The summed E-state index contributed by atoms with van der Waals surface area (Å²) in [5, 5.41) is 1.03. The topological polar surface area (TPSA) is 72.5 Å². The largest absolute Gasteiger partial charge is 0.460 e. The summed E-state index contributed by atoms with van der Waals surface area (Å²) in [7, 11) is -3.71. The van der Waals surface area contributed by atoms with Gasteiger partial charge in [-0.2, -0.15) is 0 Å². The van der Waals surface area contributed by atoms with Crippen LogP contribution in [0, 0.1) is 6.92 Å². The molecule has 2 aromatic carbocycles. The van der Waals surface area contributed by atoms with E-state index < -0.39 is 22.5 Å². The van der Waals surface area contributed by atoms with Crippen molar-refractivity contribution >= 4 is 38.0 Å². The second-order valence-corrected chi connectivity index (χ2v) is 7.93. The second kappa shape index (κ2) is 8.94. The van der Waals surface area contributed by atoms with Crippen LogP contribution in [0.15, 0.2) is 58.4 Å². The second-order valence-electron chi connectivity index (χ2n) is 5.37. The lowest BCUT2D eigenvalue weighted by Crippen LogP contribution is -2.29. The summed E-state index contributed by atoms with van der Waals surface area (Å²) in [6.07, 6.45) is 1.47. The Morgan fingerprint density at radius 1 is 1.12 bits per heavy atom. The molecular formula is C18H18BrNO4S. The molecule has 0 heterocycles. The molecule has 0 amide bonds. The Morgan fingerprint density at radius 3 is 2.40 bits per heavy atom. The summed E-state index contributed by atoms with van der Waals surface area (Å²) >= 11 is 3.32. The van der Waals surface area contributed by atoms with E-state index in [9.17, 15) is 13.2 Å². The number of ether oxygens (including phenoxy) is 1. The van der Waals surface area contributed by atoms with Crippen molar-refractivity contribution in [2.45, 2.75) is 13.5 Å². The van der Waals surface area contributed by atoms with Gasteiger partial charge >= 0.3 is 5.97 Å². The van der Waals surface area contributed by atoms with Gasteiger partial charge in [0.1, 0.15) is 13.2 Å². The maximum atomic E-state index is 11.9. The molecule has 0 saturated heterocycles. The van der Waals surface area contributed by atoms with E-state index >= 15 is 0 Å². The maximum absolute atomic E-state index is 11.9. The number of esters is 1. The molecule has 25 heavy (non-hydrogen) atoms. The Morgan fingerprint density at radius 2 is 1.76 bits per heavy atom. The van der Waals surface area contributed by atoms with Crippen LogP contribution in [0.4, 0.5) is 0 Å². The number of hydrogen-bond donors (Lipinski definition) is 1. The van der Waals surface area contributed by atoms with E-state index in [0.29, 0.717) is 0 Å². The maximum Gasteiger partial charge on any atom is 0.321 e. The predicted octanol–water partition coefficient (Wildman–Crippen LogP) is 3.39. The van der Waals surface area contributed by atoms with Gasteiger partial charge in [0.2, 0.25) is 10.0 Å². The lowest BCUT2D eigenvalue weighted by molar-refractivity contribution is -0.143. The van der Waals surface area contributed by atoms with Gasteiger partial charge in [-0.3, -0.25) is 4.79 Å². The van der Waals surface area contributed by atoms with E-state index in [2.05, 4.69) is 20.7 Å². The van der Waals surface area contributed by atoms with Gasteiger partial charge in [0.15, 0.2) is 0 Å². The molecule has 1 N–H and O–H groups in total. The quantitative estimate of drug-likeness (QED) is 0.692. The first-order chi connectivity index (χ1) is 11.8. The number of rotatable bonds is 7. The van der Waals surface area contributed by atoms with Crippen LogP contribution in [0.5, 0.6) is 0 Å². The lowest BCUT2D eigenvalue weighted by atomic mass is 10.2. The molecule has 7 heteroatoms. The van der Waals surface area contributed by atoms with E-state index in [4.69, 9.17) is 4.74 Å². The number of nitrogens with one attached hydrogen (secondary N) is 1. The van der Waals surface area contributed by atoms with Gasteiger partial charge in [0, 0.05) is 9.88 Å². The smallest absolute Gasteiger partial charge is 0.321 e. The van der Waals surface area contributed by atoms with Crippen LogP contribution in [-0.4, -0.2) is 20.9 Å². The zero-order valence-corrected chi connectivity index (χ0v) is 16.0. The minimum atomic E-state index is -3.71. The normalized spacial score (nSPS) is 11.6. The summed E-state index contributed by atoms with van der Waals surface area (Å²) in [5.41, 5.74) is 2.67. The van der Waals surface area contributed by atoms with E-state index in [1.807, 2.05) is 55.5 Å². The average Bonchev–Trinajstić information content (AvgIpc) is 2.59. The molecule has 132 valence electrons. The van der Waals surface area contributed by atoms with Crippen molar-refractivity contribution in [2.75, 3.05) is 6.54 Å². The Hall–Kier alpha value is -1.96. The zero-order valence-electron chi connectivity index (χ0n) is 13.6. The van der Waals surface area contributed by atoms with Crippen molar-refractivity contribution in [1.29, 1.82) is 0 Å². The number of hydrogen-bond acceptors (Lipinski definition) is 4. The molecular weight excluding hydrogens is 406 g/mol. The van der Waals surface area contributed by atoms with Gasteiger partial charge < -0.3 is 4.74 Å². The minimum absolute atomic E-state index is 0.0903. The van der Waals surface area contributed by atoms with E-state index in [-0.39, 0.29) is 6.61 Å². The highest BCUT2D eigenvalue weighted by molar-refractivity contribution is 9.10. The van der Waals surface area contributed by atoms with Gasteiger partial charge in [0.05, 0.1) is 0 Å². The van der Waals surface area contributed by atoms with Crippen LogP contribution in [0.3, 0.4) is 0 Å². The molecule has 2 aromatic rings. The SMILES string of the molecule is Cc1ccc(/C=C/S(=O)(=O)NCC(=O)OCc2ccc(Br)cc2)cc1. The fourth-order valence-electron chi connectivity index (χ4n) is 1.85. The van der Waals surface area contributed by atoms with E-state index in [1.54, 1.807) is 0 Å². The van der Waals surface area contributed by atoms with Crippen LogP contribution < -0.4 is 4.72 Å². The molecule has 2 rings (SSSR count). The first kappa shape index (κ1) is 19.4. The van der Waals surface area contributed by atoms with Crippen molar-refractivity contribution < 1.29 is 17.9 Å². The van der Waals surface area contributed by atoms with Crippen molar-refractivity contribution in [2.24, 2.45) is 0 Å². The highest BCUT2D eigenvalue weighted by Crippen LogP contribution is 2.11. The molecule has 0 aliphatic heterocycles. The van der Waals surface area contributed by atoms with Crippen LogP contribution in [0.1, 0.15) is 16.7 Å². The average molecular weight is 424 g/mol. The predicted molar refractivity (Wildman–Crippen MR) is 101 cm³/mol. The van der Waals surface area contributed by atoms with Gasteiger partial charge in [0.25, 0.3) is 0 Å². The van der Waals surface area contributed by atoms with Crippen molar-refractivity contribution in [3.05, 3.63) is 75.1 Å². The number of sulfonamides is 1. The Kier molecular flexibility index (Phi) is 6.92. The Bertz CT molecular complexity index is 844. The zero-order chi connectivity index (χ0) is 18.3. The highest BCUT2D eigenvalue weighted by Gasteiger charge is 2.10. The Labute approximate surface area is 155 Å². The van der Waals surface area contributed by atoms with Crippen molar-refractivity contribution in [1.82, 2.24) is 4.72 Å². The van der Waals surface area contributed by atoms with Crippen LogP contribution in [0.25, 0.3) is 6.08 Å². The molecule has 0 bridgehead atoms. The fourth-order valence-corrected chi connectivity index (χ4v) is 2.86. The van der Waals surface area contributed by atoms with E-state index in [1.165, 1.54) is 6.08 Å². The molecule has 0 atom stereocenters. The minimum Gasteiger partial charge on any atom is -0.460 e. The standard InChI is InChI=1S/C18H18BrNO4S/c1-14-2-4-15(5-3-14)10-11-25(22,23)20-12-18(21)24-13-16-6-8-17(19)9-7-16/h2-11,20H,12-13H2,1H3/b11-10+. The number of halogens is 1. The van der Waals surface area contributed by atoms with Crippen molar-refractivity contribution in [3.63, 3.8) is 0 Å². The number of aryl methyl sites for hydroxylation is 1. The number of carbonyl (C=O) groups excluding carboxylic acids is 1. The fraction of sp³-hybridized carbons (Fsp3) is 0.167. The summed E-state index contributed by atoms with van der Waals surface area (Å²) in [5.74, 6) is -0.643. The molecule has 0 fully saturated rings. The molecule has 0 unspecified atom stereocenters. The first-order valence-corrected chi connectivity index (χ1v) is 9.82. The van der Waals surface area contributed by atoms with Crippen LogP contribution in [0.2, 0.25) is 0 Å². The summed E-state index contributed by atoms with van der Waals surface area (Å²) < 4.78 is 31.9. The van der Waals surface area contributed by atoms with Gasteiger partial charge in [-0.15, -0.1) is 0 Å². The summed E-state index contributed by atoms with van der Waals surface area (Å²) in [4.78, 5) is 11.7. The number of carbonyl (C=O) groups is 1. The van der Waals surface area contributed by atoms with Crippen LogP contribution >= 0.6 is 15.9 Å². The third kappa shape index (κ3) is 7.21. The molecule has 5 nitrogen and oxygen atoms in total. The molecule has 0 saturated carbocycles. The third-order valence-corrected chi connectivity index (χ3v) is 4.82. The monoisotopic (exact) mass is 423 g/mol. The summed E-state index contributed by atoms with van der Waals surface area (Å²) in [6, 6.07) is 14.7. The van der Waals surface area contributed by atoms with Gasteiger partial charge in [-0.05, 0) is 36.3 Å².